The zero-order valence-corrected chi connectivity index (χ0v) is 11.7. The molecule has 0 aliphatic rings. The number of benzene rings is 1. The highest BCUT2D eigenvalue weighted by Crippen LogP contribution is 2.21. The Hall–Kier alpha value is -2.51. The van der Waals surface area contributed by atoms with Crippen LogP contribution in [0.5, 0.6) is 0 Å². The number of hydrogen-bond acceptors (Lipinski definition) is 5. The molecule has 7 heteroatoms. The fourth-order valence-corrected chi connectivity index (χ4v) is 2.65. The van der Waals surface area contributed by atoms with Crippen molar-refractivity contribution in [2.45, 2.75) is 6.54 Å². The Balaban J connectivity index is 1.94. The molecule has 21 heavy (non-hydrogen) atoms. The molecule has 3 rings (SSSR count). The number of thiazole rings is 1. The lowest BCUT2D eigenvalue weighted by atomic mass is 10.2. The summed E-state index contributed by atoms with van der Waals surface area (Å²) in [4.78, 5) is 30.3. The third-order valence-corrected chi connectivity index (χ3v) is 3.84. The molecule has 0 spiro atoms. The number of aromatic amines is 1. The quantitative estimate of drug-likeness (QED) is 0.685. The van der Waals surface area contributed by atoms with E-state index in [2.05, 4.69) is 15.3 Å². The van der Waals surface area contributed by atoms with E-state index < -0.39 is 0 Å². The third-order valence-electron chi connectivity index (χ3n) is 2.97. The lowest BCUT2D eigenvalue weighted by molar-refractivity contribution is 0.102. The summed E-state index contributed by atoms with van der Waals surface area (Å²) < 4.78 is 0. The summed E-state index contributed by atoms with van der Waals surface area (Å²) in [6.07, 6.45) is 0. The standard InChI is InChI=1S/C14H12N4O2S/c15-6-13-17-11(7-21-13)14(20)18-10-3-1-2-9-8(10)4-5-12(19)16-9/h1-5,7H,6,15H2,(H,16,19)(H,18,20). The average molecular weight is 300 g/mol. The molecule has 1 amide bonds. The summed E-state index contributed by atoms with van der Waals surface area (Å²) in [5.41, 5.74) is 6.93. The monoisotopic (exact) mass is 300 g/mol. The first-order valence-electron chi connectivity index (χ1n) is 6.25. The summed E-state index contributed by atoms with van der Waals surface area (Å²) in [5.74, 6) is -0.301. The van der Waals surface area contributed by atoms with Crippen LogP contribution in [0.15, 0.2) is 40.5 Å². The van der Waals surface area contributed by atoms with Crippen LogP contribution in [0.4, 0.5) is 5.69 Å². The minimum Gasteiger partial charge on any atom is -0.325 e. The lowest BCUT2D eigenvalue weighted by Gasteiger charge is -2.07. The van der Waals surface area contributed by atoms with Crippen molar-refractivity contribution in [3.8, 4) is 0 Å². The number of pyridine rings is 1. The van der Waals surface area contributed by atoms with Crippen LogP contribution in [0.25, 0.3) is 10.9 Å². The van der Waals surface area contributed by atoms with Gasteiger partial charge in [0.15, 0.2) is 0 Å². The van der Waals surface area contributed by atoms with Gasteiger partial charge in [0, 0.05) is 23.4 Å². The normalized spacial score (nSPS) is 10.7. The smallest absolute Gasteiger partial charge is 0.275 e. The van der Waals surface area contributed by atoms with Gasteiger partial charge >= 0.3 is 0 Å². The highest BCUT2D eigenvalue weighted by Gasteiger charge is 2.12. The van der Waals surface area contributed by atoms with Crippen molar-refractivity contribution in [1.29, 1.82) is 0 Å². The Bertz CT molecular complexity index is 869. The Labute approximate surface area is 123 Å². The van der Waals surface area contributed by atoms with Gasteiger partial charge in [0.2, 0.25) is 5.56 Å². The molecule has 1 aromatic carbocycles. The van der Waals surface area contributed by atoms with Gasteiger partial charge in [0.05, 0.1) is 11.2 Å². The van der Waals surface area contributed by atoms with E-state index in [9.17, 15) is 9.59 Å². The number of aromatic nitrogens is 2. The van der Waals surface area contributed by atoms with E-state index >= 15 is 0 Å². The average Bonchev–Trinajstić information content (AvgIpc) is 2.96. The first-order valence-corrected chi connectivity index (χ1v) is 7.13. The summed E-state index contributed by atoms with van der Waals surface area (Å²) >= 11 is 1.35. The number of rotatable bonds is 3. The number of hydrogen-bond donors (Lipinski definition) is 3. The van der Waals surface area contributed by atoms with Gasteiger partial charge in [0.25, 0.3) is 5.91 Å². The number of H-pyrrole nitrogens is 1. The van der Waals surface area contributed by atoms with Gasteiger partial charge < -0.3 is 16.0 Å². The fraction of sp³-hybridized carbons (Fsp3) is 0.0714. The van der Waals surface area contributed by atoms with Gasteiger partial charge in [-0.05, 0) is 18.2 Å². The van der Waals surface area contributed by atoms with Gasteiger partial charge in [0.1, 0.15) is 10.7 Å². The van der Waals surface area contributed by atoms with Crippen molar-refractivity contribution in [1.82, 2.24) is 9.97 Å². The maximum Gasteiger partial charge on any atom is 0.275 e. The highest BCUT2D eigenvalue weighted by atomic mass is 32.1. The molecule has 0 saturated carbocycles. The molecule has 0 radical (unpaired) electrons. The molecule has 0 atom stereocenters. The Morgan fingerprint density at radius 3 is 2.95 bits per heavy atom. The number of nitrogens with two attached hydrogens (primary N) is 1. The molecular weight excluding hydrogens is 288 g/mol. The fourth-order valence-electron chi connectivity index (χ4n) is 1.99. The van der Waals surface area contributed by atoms with Crippen molar-refractivity contribution >= 4 is 33.8 Å². The minimum atomic E-state index is -0.301. The number of nitrogens with zero attached hydrogens (tertiary/aromatic N) is 1. The van der Waals surface area contributed by atoms with E-state index in [4.69, 9.17) is 5.73 Å². The van der Waals surface area contributed by atoms with Gasteiger partial charge in [-0.1, -0.05) is 6.07 Å². The van der Waals surface area contributed by atoms with Crippen LogP contribution < -0.4 is 16.6 Å². The van der Waals surface area contributed by atoms with Crippen LogP contribution in [0, 0.1) is 0 Å². The zero-order chi connectivity index (χ0) is 14.8. The topological polar surface area (TPSA) is 101 Å². The minimum absolute atomic E-state index is 0.182. The molecule has 106 valence electrons. The Kier molecular flexibility index (Phi) is 3.51. The van der Waals surface area contributed by atoms with E-state index in [-0.39, 0.29) is 11.5 Å². The summed E-state index contributed by atoms with van der Waals surface area (Å²) in [7, 11) is 0. The Morgan fingerprint density at radius 2 is 2.19 bits per heavy atom. The molecule has 3 aromatic rings. The zero-order valence-electron chi connectivity index (χ0n) is 10.9. The summed E-state index contributed by atoms with van der Waals surface area (Å²) in [6, 6.07) is 8.42. The van der Waals surface area contributed by atoms with Crippen molar-refractivity contribution in [2.75, 3.05) is 5.32 Å². The molecular formula is C14H12N4O2S. The maximum atomic E-state index is 12.2. The van der Waals surface area contributed by atoms with Crippen LogP contribution >= 0.6 is 11.3 Å². The summed E-state index contributed by atoms with van der Waals surface area (Å²) in [5, 5.41) is 5.95. The number of nitrogens with one attached hydrogen (secondary N) is 2. The first-order chi connectivity index (χ1) is 10.2. The Morgan fingerprint density at radius 1 is 1.33 bits per heavy atom. The number of carbonyl (C=O) groups is 1. The molecule has 0 aliphatic heterocycles. The molecule has 2 aromatic heterocycles. The number of fused-ring (bicyclic) bond motifs is 1. The van der Waals surface area contributed by atoms with Crippen LogP contribution in [0.1, 0.15) is 15.5 Å². The van der Waals surface area contributed by atoms with Crippen LogP contribution in [0.3, 0.4) is 0 Å². The maximum absolute atomic E-state index is 12.2. The predicted octanol–water partition coefficient (Wildman–Crippen LogP) is 1.70. The van der Waals surface area contributed by atoms with E-state index in [1.807, 2.05) is 0 Å². The molecule has 0 bridgehead atoms. The highest BCUT2D eigenvalue weighted by molar-refractivity contribution is 7.09. The van der Waals surface area contributed by atoms with Crippen molar-refractivity contribution in [2.24, 2.45) is 5.73 Å². The third kappa shape index (κ3) is 2.69. The van der Waals surface area contributed by atoms with Crippen LogP contribution in [-0.2, 0) is 6.54 Å². The van der Waals surface area contributed by atoms with E-state index in [0.29, 0.717) is 28.5 Å². The molecule has 0 aliphatic carbocycles. The van der Waals surface area contributed by atoms with Gasteiger partial charge in [-0.3, -0.25) is 9.59 Å². The van der Waals surface area contributed by atoms with Gasteiger partial charge in [-0.2, -0.15) is 0 Å². The van der Waals surface area contributed by atoms with E-state index in [1.54, 1.807) is 29.6 Å². The predicted molar refractivity (Wildman–Crippen MR) is 82.5 cm³/mol. The van der Waals surface area contributed by atoms with Crippen molar-refractivity contribution in [3.05, 3.63) is 56.8 Å². The van der Waals surface area contributed by atoms with Crippen LogP contribution in [0.2, 0.25) is 0 Å². The lowest BCUT2D eigenvalue weighted by Crippen LogP contribution is -2.13. The number of anilines is 1. The van der Waals surface area contributed by atoms with E-state index in [0.717, 1.165) is 5.39 Å². The molecule has 0 unspecified atom stereocenters. The molecule has 0 saturated heterocycles. The van der Waals surface area contributed by atoms with Gasteiger partial charge in [-0.15, -0.1) is 11.3 Å². The SMILES string of the molecule is NCc1nc(C(=O)Nc2cccc3[nH]c(=O)ccc23)cs1. The van der Waals surface area contributed by atoms with E-state index in [1.165, 1.54) is 17.4 Å². The molecule has 2 heterocycles. The summed E-state index contributed by atoms with van der Waals surface area (Å²) in [6.45, 7) is 0.313. The molecule has 0 fully saturated rings. The van der Waals surface area contributed by atoms with Crippen molar-refractivity contribution < 1.29 is 4.79 Å². The van der Waals surface area contributed by atoms with Crippen molar-refractivity contribution in [3.63, 3.8) is 0 Å². The van der Waals surface area contributed by atoms with Gasteiger partial charge in [-0.25, -0.2) is 4.98 Å². The largest absolute Gasteiger partial charge is 0.325 e. The second kappa shape index (κ2) is 5.47. The second-order valence-corrected chi connectivity index (χ2v) is 5.32. The second-order valence-electron chi connectivity index (χ2n) is 4.37. The van der Waals surface area contributed by atoms with Crippen LogP contribution in [-0.4, -0.2) is 15.9 Å². The molecule has 4 N–H and O–H groups in total. The molecule has 6 nitrogen and oxygen atoms in total. The number of carbonyl (C=O) groups excluding carboxylic acids is 1. The number of amides is 1. The first kappa shape index (κ1) is 13.5.